The Morgan fingerprint density at radius 3 is 2.05 bits per heavy atom. The summed E-state index contributed by atoms with van der Waals surface area (Å²) < 4.78 is 11.3. The molecule has 2 nitrogen and oxygen atoms in total. The van der Waals surface area contributed by atoms with E-state index in [1.807, 2.05) is 13.8 Å². The molecule has 1 aliphatic carbocycles. The van der Waals surface area contributed by atoms with Gasteiger partial charge in [0.1, 0.15) is 0 Å². The van der Waals surface area contributed by atoms with Crippen molar-refractivity contribution >= 4 is 0 Å². The average Bonchev–Trinajstić information content (AvgIpc) is 2.48. The lowest BCUT2D eigenvalue weighted by molar-refractivity contribution is -0.140. The van der Waals surface area contributed by atoms with Gasteiger partial charge in [0, 0.05) is 18.8 Å². The molecule has 0 unspecified atom stereocenters. The van der Waals surface area contributed by atoms with E-state index in [4.69, 9.17) is 9.47 Å². The molecule has 0 saturated heterocycles. The van der Waals surface area contributed by atoms with Gasteiger partial charge in [-0.3, -0.25) is 0 Å². The van der Waals surface area contributed by atoms with Crippen LogP contribution in [0.25, 0.3) is 0 Å². The van der Waals surface area contributed by atoms with Crippen molar-refractivity contribution in [1.29, 1.82) is 0 Å². The molecule has 1 aliphatic rings. The monoisotopic (exact) mass is 262 g/mol. The molecule has 0 heterocycles. The summed E-state index contributed by atoms with van der Waals surface area (Å²) in [5, 5.41) is 0. The Kier molecular flexibility index (Phi) is 5.87. The molecule has 0 radical (unpaired) electrons. The van der Waals surface area contributed by atoms with E-state index < -0.39 is 0 Å². The van der Waals surface area contributed by atoms with Crippen LogP contribution in [-0.4, -0.2) is 13.2 Å². The van der Waals surface area contributed by atoms with E-state index in [1.165, 1.54) is 37.7 Å². The van der Waals surface area contributed by atoms with Gasteiger partial charge in [-0.2, -0.15) is 0 Å². The van der Waals surface area contributed by atoms with Gasteiger partial charge < -0.3 is 9.47 Å². The summed E-state index contributed by atoms with van der Waals surface area (Å²) in [5.41, 5.74) is 2.61. The van der Waals surface area contributed by atoms with Crippen LogP contribution in [0.5, 0.6) is 0 Å². The number of hydrogen-bond acceptors (Lipinski definition) is 2. The van der Waals surface area contributed by atoms with Crippen LogP contribution in [0.3, 0.4) is 0 Å². The highest BCUT2D eigenvalue weighted by atomic mass is 16.7. The molecule has 1 aromatic carbocycles. The third kappa shape index (κ3) is 4.05. The first kappa shape index (κ1) is 14.5. The van der Waals surface area contributed by atoms with Crippen molar-refractivity contribution in [3.05, 3.63) is 35.4 Å². The van der Waals surface area contributed by atoms with E-state index in [1.54, 1.807) is 0 Å². The number of hydrogen-bond donors (Lipinski definition) is 0. The molecule has 0 atom stereocenters. The third-order valence-corrected chi connectivity index (χ3v) is 3.92. The summed E-state index contributed by atoms with van der Waals surface area (Å²) in [6.07, 6.45) is 6.65. The van der Waals surface area contributed by atoms with Crippen LogP contribution in [0.2, 0.25) is 0 Å². The maximum absolute atomic E-state index is 5.63. The maximum Gasteiger partial charge on any atom is 0.183 e. The van der Waals surface area contributed by atoms with Crippen LogP contribution in [0.4, 0.5) is 0 Å². The minimum absolute atomic E-state index is 0.213. The lowest BCUT2D eigenvalue weighted by Crippen LogP contribution is -2.09. The van der Waals surface area contributed by atoms with Crippen molar-refractivity contribution < 1.29 is 9.47 Å². The lowest BCUT2D eigenvalue weighted by atomic mass is 9.84. The van der Waals surface area contributed by atoms with Gasteiger partial charge in [0.25, 0.3) is 0 Å². The minimum atomic E-state index is -0.213. The first-order valence-corrected chi connectivity index (χ1v) is 7.68. The fourth-order valence-electron chi connectivity index (χ4n) is 2.90. The van der Waals surface area contributed by atoms with Crippen LogP contribution in [0.1, 0.15) is 69.3 Å². The summed E-state index contributed by atoms with van der Waals surface area (Å²) in [6, 6.07) is 8.85. The average molecular weight is 262 g/mol. The molecule has 0 spiro atoms. The fourth-order valence-corrected chi connectivity index (χ4v) is 2.90. The van der Waals surface area contributed by atoms with Crippen LogP contribution in [0, 0.1) is 0 Å². The molecule has 19 heavy (non-hydrogen) atoms. The Labute approximate surface area is 117 Å². The summed E-state index contributed by atoms with van der Waals surface area (Å²) >= 11 is 0. The van der Waals surface area contributed by atoms with Crippen molar-refractivity contribution in [2.24, 2.45) is 0 Å². The lowest BCUT2D eigenvalue weighted by Gasteiger charge is -2.23. The molecule has 0 N–H and O–H groups in total. The number of ether oxygens (including phenoxy) is 2. The molecular weight excluding hydrogens is 236 g/mol. The zero-order valence-electron chi connectivity index (χ0n) is 12.2. The largest absolute Gasteiger partial charge is 0.349 e. The van der Waals surface area contributed by atoms with Gasteiger partial charge in [-0.15, -0.1) is 0 Å². The zero-order valence-corrected chi connectivity index (χ0v) is 12.2. The first-order chi connectivity index (χ1) is 9.35. The van der Waals surface area contributed by atoms with Crippen molar-refractivity contribution in [2.75, 3.05) is 13.2 Å². The van der Waals surface area contributed by atoms with Crippen molar-refractivity contribution in [2.45, 2.75) is 58.2 Å². The molecule has 2 heteroatoms. The van der Waals surface area contributed by atoms with Crippen molar-refractivity contribution in [1.82, 2.24) is 0 Å². The Bertz CT molecular complexity index is 346. The van der Waals surface area contributed by atoms with Crippen LogP contribution < -0.4 is 0 Å². The topological polar surface area (TPSA) is 18.5 Å². The highest BCUT2D eigenvalue weighted by Gasteiger charge is 2.16. The molecule has 1 aromatic rings. The molecule has 2 rings (SSSR count). The van der Waals surface area contributed by atoms with Crippen LogP contribution in [-0.2, 0) is 9.47 Å². The highest BCUT2D eigenvalue weighted by Crippen LogP contribution is 2.33. The second-order valence-electron chi connectivity index (χ2n) is 5.24. The molecule has 1 fully saturated rings. The van der Waals surface area contributed by atoms with Gasteiger partial charge in [0.15, 0.2) is 6.29 Å². The number of benzene rings is 1. The van der Waals surface area contributed by atoms with E-state index in [0.717, 1.165) is 11.5 Å². The summed E-state index contributed by atoms with van der Waals surface area (Å²) in [4.78, 5) is 0. The SMILES string of the molecule is CCOC(OCC)c1ccc(C2CCCCC2)cc1. The molecule has 0 aromatic heterocycles. The van der Waals surface area contributed by atoms with Gasteiger partial charge in [0.2, 0.25) is 0 Å². The Morgan fingerprint density at radius 1 is 0.947 bits per heavy atom. The predicted octanol–water partition coefficient (Wildman–Crippen LogP) is 4.81. The quantitative estimate of drug-likeness (QED) is 0.685. The second-order valence-corrected chi connectivity index (χ2v) is 5.24. The van der Waals surface area contributed by atoms with Crippen LogP contribution >= 0.6 is 0 Å². The maximum atomic E-state index is 5.63. The van der Waals surface area contributed by atoms with Gasteiger partial charge in [0.05, 0.1) is 0 Å². The second kappa shape index (κ2) is 7.66. The van der Waals surface area contributed by atoms with Gasteiger partial charge in [-0.25, -0.2) is 0 Å². The summed E-state index contributed by atoms with van der Waals surface area (Å²) in [5.74, 6) is 0.764. The molecule has 0 amide bonds. The van der Waals surface area contributed by atoms with Gasteiger partial charge in [-0.05, 0) is 38.2 Å². The molecule has 0 bridgehead atoms. The zero-order chi connectivity index (χ0) is 13.5. The first-order valence-electron chi connectivity index (χ1n) is 7.68. The standard InChI is InChI=1S/C17H26O2/c1-3-18-17(19-4-2)16-12-10-15(11-13-16)14-8-6-5-7-9-14/h10-14,17H,3-9H2,1-2H3. The normalized spacial score (nSPS) is 17.0. The number of rotatable bonds is 6. The summed E-state index contributed by atoms with van der Waals surface area (Å²) in [7, 11) is 0. The smallest absolute Gasteiger partial charge is 0.183 e. The van der Waals surface area contributed by atoms with E-state index in [-0.39, 0.29) is 6.29 Å². The molecule has 1 saturated carbocycles. The van der Waals surface area contributed by atoms with E-state index in [0.29, 0.717) is 13.2 Å². The van der Waals surface area contributed by atoms with Gasteiger partial charge in [-0.1, -0.05) is 43.5 Å². The molecule has 106 valence electrons. The Balaban J connectivity index is 2.03. The van der Waals surface area contributed by atoms with E-state index >= 15 is 0 Å². The molecular formula is C17H26O2. The van der Waals surface area contributed by atoms with Crippen LogP contribution in [0.15, 0.2) is 24.3 Å². The van der Waals surface area contributed by atoms with Gasteiger partial charge >= 0.3 is 0 Å². The van der Waals surface area contributed by atoms with Crippen molar-refractivity contribution in [3.63, 3.8) is 0 Å². The minimum Gasteiger partial charge on any atom is -0.349 e. The molecule has 0 aliphatic heterocycles. The highest BCUT2D eigenvalue weighted by molar-refractivity contribution is 5.26. The predicted molar refractivity (Wildman–Crippen MR) is 78.3 cm³/mol. The third-order valence-electron chi connectivity index (χ3n) is 3.92. The van der Waals surface area contributed by atoms with E-state index in [2.05, 4.69) is 24.3 Å². The Morgan fingerprint density at radius 2 is 1.53 bits per heavy atom. The Hall–Kier alpha value is -0.860. The van der Waals surface area contributed by atoms with E-state index in [9.17, 15) is 0 Å². The fraction of sp³-hybridized carbons (Fsp3) is 0.647. The van der Waals surface area contributed by atoms with Crippen molar-refractivity contribution in [3.8, 4) is 0 Å². The summed E-state index contributed by atoms with van der Waals surface area (Å²) in [6.45, 7) is 5.36.